The number of nitrogens with zero attached hydrogens (tertiary/aromatic N) is 2. The number of aryl methyl sites for hydroxylation is 2. The molecule has 0 atom stereocenters. The average Bonchev–Trinajstić information content (AvgIpc) is 2.84. The molecular weight excluding hydrogens is 442 g/mol. The minimum absolute atomic E-state index is 0. The van der Waals surface area contributed by atoms with E-state index in [2.05, 4.69) is 27.5 Å². The molecule has 2 aromatic rings. The number of aromatic hydroxyl groups is 1. The molecule has 0 saturated carbocycles. The number of guanidine groups is 1. The van der Waals surface area contributed by atoms with Crippen molar-refractivity contribution in [3.05, 3.63) is 45.2 Å². The molecule has 2 rings (SSSR count). The summed E-state index contributed by atoms with van der Waals surface area (Å²) in [6, 6.07) is 4.27. The predicted molar refractivity (Wildman–Crippen MR) is 107 cm³/mol. The number of aliphatic imine (C=N–C) groups is 1. The van der Waals surface area contributed by atoms with Gasteiger partial charge >= 0.3 is 0 Å². The molecule has 24 heavy (non-hydrogen) atoms. The van der Waals surface area contributed by atoms with Gasteiger partial charge in [0.2, 0.25) is 0 Å². The highest BCUT2D eigenvalue weighted by Gasteiger charge is 2.05. The third kappa shape index (κ3) is 5.90. The summed E-state index contributed by atoms with van der Waals surface area (Å²) in [5, 5.41) is 16.6. The second kappa shape index (κ2) is 9.77. The molecule has 1 aromatic carbocycles. The molecule has 1 heterocycles. The fourth-order valence-electron chi connectivity index (χ4n) is 1.93. The van der Waals surface area contributed by atoms with Gasteiger partial charge in [0, 0.05) is 11.4 Å². The van der Waals surface area contributed by atoms with E-state index in [1.807, 2.05) is 13.8 Å². The van der Waals surface area contributed by atoms with Gasteiger partial charge in [-0.2, -0.15) is 0 Å². The topological polar surface area (TPSA) is 69.5 Å². The highest BCUT2D eigenvalue weighted by molar-refractivity contribution is 14.0. The van der Waals surface area contributed by atoms with E-state index in [1.54, 1.807) is 17.4 Å². The summed E-state index contributed by atoms with van der Waals surface area (Å²) in [5.74, 6) is -0.340. The van der Waals surface area contributed by atoms with E-state index in [-0.39, 0.29) is 29.7 Å². The number of hydrogen-bond donors (Lipinski definition) is 3. The minimum atomic E-state index is -0.635. The first-order chi connectivity index (χ1) is 11.0. The molecule has 1 aromatic heterocycles. The smallest absolute Gasteiger partial charge is 0.191 e. The van der Waals surface area contributed by atoms with Crippen molar-refractivity contribution in [1.29, 1.82) is 0 Å². The van der Waals surface area contributed by atoms with Crippen LogP contribution in [0.15, 0.2) is 23.2 Å². The van der Waals surface area contributed by atoms with Crippen molar-refractivity contribution >= 4 is 41.3 Å². The van der Waals surface area contributed by atoms with Gasteiger partial charge in [0.15, 0.2) is 17.5 Å². The first-order valence-corrected chi connectivity index (χ1v) is 8.23. The van der Waals surface area contributed by atoms with Gasteiger partial charge in [0.05, 0.1) is 18.8 Å². The van der Waals surface area contributed by atoms with E-state index in [9.17, 15) is 9.50 Å². The van der Waals surface area contributed by atoms with Crippen molar-refractivity contribution in [2.45, 2.75) is 33.9 Å². The van der Waals surface area contributed by atoms with E-state index in [0.717, 1.165) is 17.2 Å². The van der Waals surface area contributed by atoms with Crippen LogP contribution in [0.2, 0.25) is 0 Å². The van der Waals surface area contributed by atoms with Crippen LogP contribution in [0.5, 0.6) is 5.75 Å². The van der Waals surface area contributed by atoms with Crippen LogP contribution in [-0.2, 0) is 13.1 Å². The average molecular weight is 464 g/mol. The normalized spacial score (nSPS) is 11.1. The van der Waals surface area contributed by atoms with E-state index < -0.39 is 5.82 Å². The summed E-state index contributed by atoms with van der Waals surface area (Å²) in [5.41, 5.74) is 1.74. The Bertz CT molecular complexity index is 686. The number of rotatable bonds is 5. The van der Waals surface area contributed by atoms with Crippen LogP contribution in [0.4, 0.5) is 4.39 Å². The number of benzene rings is 1. The Balaban J connectivity index is 0.00000288. The zero-order chi connectivity index (χ0) is 16.8. The fourth-order valence-corrected chi connectivity index (χ4v) is 2.81. The van der Waals surface area contributed by atoms with Gasteiger partial charge < -0.3 is 15.7 Å². The second-order valence-corrected chi connectivity index (χ2v) is 6.37. The summed E-state index contributed by atoms with van der Waals surface area (Å²) >= 11 is 1.66. The van der Waals surface area contributed by atoms with Crippen LogP contribution in [0.1, 0.15) is 28.1 Å². The Morgan fingerprint density at radius 2 is 2.08 bits per heavy atom. The van der Waals surface area contributed by atoms with Gasteiger partial charge in [-0.3, -0.25) is 0 Å². The number of aromatic nitrogens is 1. The van der Waals surface area contributed by atoms with Gasteiger partial charge in [-0.1, -0.05) is 6.07 Å². The van der Waals surface area contributed by atoms with Crippen LogP contribution in [-0.4, -0.2) is 22.6 Å². The summed E-state index contributed by atoms with van der Waals surface area (Å²) < 4.78 is 13.3. The molecule has 0 saturated heterocycles. The van der Waals surface area contributed by atoms with Gasteiger partial charge in [-0.15, -0.1) is 35.3 Å². The van der Waals surface area contributed by atoms with Crippen LogP contribution >= 0.6 is 35.3 Å². The summed E-state index contributed by atoms with van der Waals surface area (Å²) in [6.07, 6.45) is 0. The molecule has 0 bridgehead atoms. The largest absolute Gasteiger partial charge is 0.505 e. The third-order valence-corrected chi connectivity index (χ3v) is 4.33. The second-order valence-electron chi connectivity index (χ2n) is 5.08. The minimum Gasteiger partial charge on any atom is -0.505 e. The molecule has 0 spiro atoms. The van der Waals surface area contributed by atoms with Crippen molar-refractivity contribution in [2.75, 3.05) is 6.54 Å². The van der Waals surface area contributed by atoms with Crippen LogP contribution in [0, 0.1) is 19.7 Å². The predicted octanol–water partition coefficient (Wildman–Crippen LogP) is 3.48. The van der Waals surface area contributed by atoms with Gasteiger partial charge in [-0.05, 0) is 38.5 Å². The Morgan fingerprint density at radius 3 is 2.67 bits per heavy atom. The fraction of sp³-hybridized carbons (Fsp3) is 0.375. The Labute approximate surface area is 162 Å². The lowest BCUT2D eigenvalue weighted by Crippen LogP contribution is -2.36. The van der Waals surface area contributed by atoms with Crippen LogP contribution < -0.4 is 10.6 Å². The summed E-state index contributed by atoms with van der Waals surface area (Å²) in [7, 11) is 0. The lowest BCUT2D eigenvalue weighted by atomic mass is 10.2. The number of phenols is 1. The van der Waals surface area contributed by atoms with Crippen molar-refractivity contribution in [3.8, 4) is 5.75 Å². The quantitative estimate of drug-likeness (QED) is 0.360. The van der Waals surface area contributed by atoms with Crippen molar-refractivity contribution < 1.29 is 9.50 Å². The van der Waals surface area contributed by atoms with Crippen LogP contribution in [0.25, 0.3) is 0 Å². The zero-order valence-corrected chi connectivity index (χ0v) is 17.0. The molecule has 8 heteroatoms. The van der Waals surface area contributed by atoms with Crippen molar-refractivity contribution in [3.63, 3.8) is 0 Å². The number of hydrogen-bond acceptors (Lipinski definition) is 4. The number of thiazole rings is 1. The SMILES string of the molecule is CCNC(=NCc1ccc(O)c(F)c1)NCc1nc(C)c(C)s1.I. The Morgan fingerprint density at radius 1 is 1.33 bits per heavy atom. The first-order valence-electron chi connectivity index (χ1n) is 7.42. The molecule has 132 valence electrons. The lowest BCUT2D eigenvalue weighted by Gasteiger charge is -2.10. The molecule has 0 aliphatic carbocycles. The summed E-state index contributed by atoms with van der Waals surface area (Å²) in [6.45, 7) is 7.67. The Kier molecular flexibility index (Phi) is 8.40. The number of halogens is 2. The monoisotopic (exact) mass is 464 g/mol. The van der Waals surface area contributed by atoms with E-state index in [0.29, 0.717) is 24.6 Å². The van der Waals surface area contributed by atoms with Crippen molar-refractivity contribution in [1.82, 2.24) is 15.6 Å². The molecule has 5 nitrogen and oxygen atoms in total. The third-order valence-electron chi connectivity index (χ3n) is 3.26. The molecule has 0 amide bonds. The molecule has 0 unspecified atom stereocenters. The molecular formula is C16H22FIN4OS. The van der Waals surface area contributed by atoms with Gasteiger partial charge in [-0.25, -0.2) is 14.4 Å². The van der Waals surface area contributed by atoms with E-state index in [1.165, 1.54) is 17.0 Å². The lowest BCUT2D eigenvalue weighted by molar-refractivity contribution is 0.432. The van der Waals surface area contributed by atoms with Crippen molar-refractivity contribution in [2.24, 2.45) is 4.99 Å². The highest BCUT2D eigenvalue weighted by atomic mass is 127. The molecule has 0 aliphatic rings. The van der Waals surface area contributed by atoms with Gasteiger partial charge in [0.25, 0.3) is 0 Å². The zero-order valence-electron chi connectivity index (χ0n) is 13.9. The molecule has 0 aliphatic heterocycles. The van der Waals surface area contributed by atoms with E-state index >= 15 is 0 Å². The van der Waals surface area contributed by atoms with E-state index in [4.69, 9.17) is 0 Å². The molecule has 3 N–H and O–H groups in total. The maximum absolute atomic E-state index is 13.3. The van der Waals surface area contributed by atoms with Crippen LogP contribution in [0.3, 0.4) is 0 Å². The van der Waals surface area contributed by atoms with Gasteiger partial charge in [0.1, 0.15) is 5.01 Å². The number of phenolic OH excluding ortho intramolecular Hbond substituents is 1. The molecule has 0 radical (unpaired) electrons. The number of nitrogens with one attached hydrogen (secondary N) is 2. The highest BCUT2D eigenvalue weighted by Crippen LogP contribution is 2.17. The maximum atomic E-state index is 13.3. The maximum Gasteiger partial charge on any atom is 0.191 e. The Hall–Kier alpha value is -1.42. The summed E-state index contributed by atoms with van der Waals surface area (Å²) in [4.78, 5) is 10.1. The molecule has 0 fully saturated rings. The first kappa shape index (κ1) is 20.6. The standard InChI is InChI=1S/C16H21FN4OS.HI/c1-4-18-16(20-9-15-21-10(2)11(3)23-15)19-8-12-5-6-14(22)13(17)7-12;/h5-7,22H,4,8-9H2,1-3H3,(H2,18,19,20);1H.